The monoisotopic (exact) mass is 391 g/mol. The number of thiophene rings is 1. The van der Waals surface area contributed by atoms with E-state index in [9.17, 15) is 4.79 Å². The Hall–Kier alpha value is -1.60. The molecule has 1 aromatic rings. The summed E-state index contributed by atoms with van der Waals surface area (Å²) >= 11 is 1.85. The van der Waals surface area contributed by atoms with Crippen LogP contribution in [0.4, 0.5) is 0 Å². The SMILES string of the molecule is CCNC(=NCC1CCCN(Cc2cccs2)C1)N1CCN(C(C)=O)CC1. The quantitative estimate of drug-likeness (QED) is 0.617. The largest absolute Gasteiger partial charge is 0.357 e. The summed E-state index contributed by atoms with van der Waals surface area (Å²) in [4.78, 5) is 24.8. The Morgan fingerprint density at radius 1 is 1.26 bits per heavy atom. The van der Waals surface area contributed by atoms with Crippen molar-refractivity contribution in [3.63, 3.8) is 0 Å². The van der Waals surface area contributed by atoms with Crippen molar-refractivity contribution in [1.29, 1.82) is 0 Å². The fraction of sp³-hybridized carbons (Fsp3) is 0.700. The lowest BCUT2D eigenvalue weighted by Crippen LogP contribution is -2.53. The lowest BCUT2D eigenvalue weighted by molar-refractivity contribution is -0.130. The third-order valence-corrected chi connectivity index (χ3v) is 6.28. The van der Waals surface area contributed by atoms with E-state index in [0.29, 0.717) is 5.92 Å². The van der Waals surface area contributed by atoms with E-state index in [1.54, 1.807) is 6.92 Å². The van der Waals surface area contributed by atoms with Crippen LogP contribution in [0.15, 0.2) is 22.5 Å². The number of piperidine rings is 1. The van der Waals surface area contributed by atoms with Gasteiger partial charge in [0.15, 0.2) is 5.96 Å². The van der Waals surface area contributed by atoms with Crippen molar-refractivity contribution in [3.05, 3.63) is 22.4 Å². The standard InChI is InChI=1S/C20H33N5OS/c1-3-21-20(25-11-9-24(10-12-25)17(2)26)22-14-18-6-4-8-23(15-18)16-19-7-5-13-27-19/h5,7,13,18H,3-4,6,8-12,14-16H2,1-2H3,(H,21,22). The van der Waals surface area contributed by atoms with Gasteiger partial charge in [-0.2, -0.15) is 0 Å². The summed E-state index contributed by atoms with van der Waals surface area (Å²) in [5, 5.41) is 5.61. The lowest BCUT2D eigenvalue weighted by Gasteiger charge is -2.36. The van der Waals surface area contributed by atoms with E-state index in [4.69, 9.17) is 4.99 Å². The number of likely N-dealkylation sites (tertiary alicyclic amines) is 1. The van der Waals surface area contributed by atoms with E-state index in [0.717, 1.165) is 58.3 Å². The molecular formula is C20H33N5OS. The van der Waals surface area contributed by atoms with Gasteiger partial charge in [0.25, 0.3) is 0 Å². The molecule has 0 aromatic carbocycles. The summed E-state index contributed by atoms with van der Waals surface area (Å²) in [5.41, 5.74) is 0. The summed E-state index contributed by atoms with van der Waals surface area (Å²) in [6.07, 6.45) is 2.53. The highest BCUT2D eigenvalue weighted by Crippen LogP contribution is 2.20. The van der Waals surface area contributed by atoms with Crippen LogP contribution in [0.5, 0.6) is 0 Å². The molecule has 27 heavy (non-hydrogen) atoms. The predicted octanol–water partition coefficient (Wildman–Crippen LogP) is 2.09. The number of hydrogen-bond acceptors (Lipinski definition) is 4. The van der Waals surface area contributed by atoms with Crippen LogP contribution in [-0.4, -0.2) is 78.9 Å². The first kappa shape index (κ1) is 20.1. The van der Waals surface area contributed by atoms with Crippen LogP contribution in [-0.2, 0) is 11.3 Å². The fourth-order valence-corrected chi connectivity index (χ4v) is 4.69. The van der Waals surface area contributed by atoms with Crippen LogP contribution >= 0.6 is 11.3 Å². The van der Waals surface area contributed by atoms with Crippen molar-refractivity contribution < 1.29 is 4.79 Å². The average Bonchev–Trinajstić information content (AvgIpc) is 3.18. The Balaban J connectivity index is 1.52. The van der Waals surface area contributed by atoms with Gasteiger partial charge in [0.05, 0.1) is 0 Å². The number of nitrogens with one attached hydrogen (secondary N) is 1. The van der Waals surface area contributed by atoms with Crippen molar-refractivity contribution >= 4 is 23.2 Å². The summed E-state index contributed by atoms with van der Waals surface area (Å²) in [5.74, 6) is 1.81. The van der Waals surface area contributed by atoms with Gasteiger partial charge >= 0.3 is 0 Å². The maximum atomic E-state index is 11.5. The van der Waals surface area contributed by atoms with E-state index < -0.39 is 0 Å². The van der Waals surface area contributed by atoms with Gasteiger partial charge in [0, 0.05) is 64.2 Å². The zero-order valence-corrected chi connectivity index (χ0v) is 17.5. The fourth-order valence-electron chi connectivity index (χ4n) is 3.94. The van der Waals surface area contributed by atoms with Gasteiger partial charge in [-0.25, -0.2) is 0 Å². The number of carbonyl (C=O) groups excluding carboxylic acids is 1. The molecule has 0 saturated carbocycles. The molecule has 0 aliphatic carbocycles. The Morgan fingerprint density at radius 2 is 2.04 bits per heavy atom. The molecular weight excluding hydrogens is 358 g/mol. The number of nitrogens with zero attached hydrogens (tertiary/aromatic N) is 4. The van der Waals surface area contributed by atoms with E-state index in [-0.39, 0.29) is 5.91 Å². The van der Waals surface area contributed by atoms with Gasteiger partial charge in [-0.1, -0.05) is 6.07 Å². The van der Waals surface area contributed by atoms with Crippen molar-refractivity contribution in [1.82, 2.24) is 20.0 Å². The lowest BCUT2D eigenvalue weighted by atomic mass is 9.98. The van der Waals surface area contributed by atoms with E-state index >= 15 is 0 Å². The summed E-state index contributed by atoms with van der Waals surface area (Å²) in [7, 11) is 0. The molecule has 2 saturated heterocycles. The van der Waals surface area contributed by atoms with Gasteiger partial charge < -0.3 is 15.1 Å². The first-order chi connectivity index (χ1) is 13.2. The van der Waals surface area contributed by atoms with Crippen molar-refractivity contribution in [3.8, 4) is 0 Å². The second-order valence-electron chi connectivity index (χ2n) is 7.51. The summed E-state index contributed by atoms with van der Waals surface area (Å²) in [6, 6.07) is 4.37. The van der Waals surface area contributed by atoms with Crippen LogP contribution in [0.2, 0.25) is 0 Å². The normalized spacial score (nSPS) is 22.1. The maximum Gasteiger partial charge on any atom is 0.219 e. The van der Waals surface area contributed by atoms with E-state index in [2.05, 4.69) is 39.6 Å². The van der Waals surface area contributed by atoms with Crippen molar-refractivity contribution in [2.45, 2.75) is 33.2 Å². The van der Waals surface area contributed by atoms with Crippen molar-refractivity contribution in [2.75, 3.05) is 52.4 Å². The van der Waals surface area contributed by atoms with Crippen LogP contribution in [0.1, 0.15) is 31.6 Å². The van der Waals surface area contributed by atoms with Crippen LogP contribution in [0, 0.1) is 5.92 Å². The Bertz CT molecular complexity index is 610. The zero-order valence-electron chi connectivity index (χ0n) is 16.7. The van der Waals surface area contributed by atoms with Crippen molar-refractivity contribution in [2.24, 2.45) is 10.9 Å². The molecule has 1 aromatic heterocycles. The Morgan fingerprint density at radius 3 is 2.70 bits per heavy atom. The highest BCUT2D eigenvalue weighted by molar-refractivity contribution is 7.09. The molecule has 7 heteroatoms. The number of carbonyl (C=O) groups is 1. The molecule has 2 fully saturated rings. The topological polar surface area (TPSA) is 51.2 Å². The molecule has 2 aliphatic rings. The van der Waals surface area contributed by atoms with E-state index in [1.165, 1.54) is 24.3 Å². The molecule has 3 rings (SSSR count). The smallest absolute Gasteiger partial charge is 0.219 e. The Labute approximate surface area is 167 Å². The molecule has 0 bridgehead atoms. The highest BCUT2D eigenvalue weighted by atomic mass is 32.1. The Kier molecular flexibility index (Phi) is 7.52. The van der Waals surface area contributed by atoms with Crippen LogP contribution < -0.4 is 5.32 Å². The molecule has 1 N–H and O–H groups in total. The molecule has 1 unspecified atom stereocenters. The molecule has 3 heterocycles. The van der Waals surface area contributed by atoms with Gasteiger partial charge in [0.2, 0.25) is 5.91 Å². The van der Waals surface area contributed by atoms with Crippen LogP contribution in [0.25, 0.3) is 0 Å². The number of amides is 1. The minimum Gasteiger partial charge on any atom is -0.357 e. The van der Waals surface area contributed by atoms with E-state index in [1.807, 2.05) is 16.2 Å². The molecule has 2 aliphatic heterocycles. The third kappa shape index (κ3) is 5.94. The molecule has 0 spiro atoms. The first-order valence-corrected chi connectivity index (χ1v) is 11.1. The first-order valence-electron chi connectivity index (χ1n) is 10.2. The summed E-state index contributed by atoms with van der Waals surface area (Å²) in [6.45, 7) is 12.2. The maximum absolute atomic E-state index is 11.5. The number of guanidine groups is 1. The number of piperazine rings is 1. The molecule has 150 valence electrons. The van der Waals surface area contributed by atoms with Gasteiger partial charge in [-0.05, 0) is 43.7 Å². The number of rotatable bonds is 5. The zero-order chi connectivity index (χ0) is 19.1. The molecule has 1 atom stereocenters. The number of hydrogen-bond donors (Lipinski definition) is 1. The second kappa shape index (κ2) is 10.1. The average molecular weight is 392 g/mol. The van der Waals surface area contributed by atoms with Gasteiger partial charge in [0.1, 0.15) is 0 Å². The third-order valence-electron chi connectivity index (χ3n) is 5.42. The van der Waals surface area contributed by atoms with Gasteiger partial charge in [-0.3, -0.25) is 14.7 Å². The molecule has 1 amide bonds. The predicted molar refractivity (Wildman–Crippen MR) is 112 cm³/mol. The summed E-state index contributed by atoms with van der Waals surface area (Å²) < 4.78 is 0. The second-order valence-corrected chi connectivity index (χ2v) is 8.54. The molecule has 0 radical (unpaired) electrons. The highest BCUT2D eigenvalue weighted by Gasteiger charge is 2.23. The van der Waals surface area contributed by atoms with Gasteiger partial charge in [-0.15, -0.1) is 11.3 Å². The minimum absolute atomic E-state index is 0.171. The minimum atomic E-state index is 0.171. The molecule has 6 nitrogen and oxygen atoms in total. The number of aliphatic imine (C=N–C) groups is 1. The van der Waals surface area contributed by atoms with Crippen LogP contribution in [0.3, 0.4) is 0 Å².